The zero-order valence-electron chi connectivity index (χ0n) is 15.6. The molecule has 0 spiro atoms. The summed E-state index contributed by atoms with van der Waals surface area (Å²) in [5.41, 5.74) is -2.48. The van der Waals surface area contributed by atoms with Gasteiger partial charge in [0.15, 0.2) is 0 Å². The van der Waals surface area contributed by atoms with Crippen LogP contribution in [0.5, 0.6) is 0 Å². The number of nitrogens with zero attached hydrogens (tertiary/aromatic N) is 2. The molecule has 1 amide bonds. The Morgan fingerprint density at radius 1 is 1.21 bits per heavy atom. The van der Waals surface area contributed by atoms with E-state index in [1.54, 1.807) is 20.8 Å². The molecular weight excluding hydrogens is 388 g/mol. The predicted octanol–water partition coefficient (Wildman–Crippen LogP) is 4.64. The highest BCUT2D eigenvalue weighted by atomic mass is 19.4. The smallest absolute Gasteiger partial charge is 0.352 e. The number of nitrogens with one attached hydrogen (secondary N) is 1. The van der Waals surface area contributed by atoms with Gasteiger partial charge in [-0.1, -0.05) is 13.3 Å². The molecule has 1 aromatic carbocycles. The molecule has 4 nitrogen and oxygen atoms in total. The van der Waals surface area contributed by atoms with Crippen molar-refractivity contribution in [2.45, 2.75) is 58.0 Å². The van der Waals surface area contributed by atoms with Gasteiger partial charge in [-0.3, -0.25) is 4.79 Å². The predicted molar refractivity (Wildman–Crippen MR) is 91.5 cm³/mol. The van der Waals surface area contributed by atoms with Crippen molar-refractivity contribution in [3.63, 3.8) is 0 Å². The van der Waals surface area contributed by atoms with E-state index in [4.69, 9.17) is 5.26 Å². The van der Waals surface area contributed by atoms with E-state index in [1.807, 2.05) is 0 Å². The highest BCUT2D eigenvalue weighted by Crippen LogP contribution is 2.36. The Balaban J connectivity index is 3.52. The number of hydrogen-bond acceptors (Lipinski definition) is 3. The van der Waals surface area contributed by atoms with Gasteiger partial charge in [0.2, 0.25) is 5.91 Å². The van der Waals surface area contributed by atoms with E-state index in [2.05, 4.69) is 5.32 Å². The van der Waals surface area contributed by atoms with Crippen molar-refractivity contribution in [1.82, 2.24) is 5.32 Å². The van der Waals surface area contributed by atoms with E-state index in [0.717, 1.165) is 12.1 Å². The SMILES string of the molecule is CCCC(C(=O)NC(C)C)N(CC(F)(F)F)c1ccc(C#N)c(C(F)(F)F)c1. The number of nitriles is 1. The van der Waals surface area contributed by atoms with Crippen LogP contribution in [-0.2, 0) is 11.0 Å². The lowest BCUT2D eigenvalue weighted by Gasteiger charge is -2.34. The molecule has 0 aliphatic carbocycles. The Labute approximate surface area is 159 Å². The standard InChI is InChI=1S/C18H21F6N3O/c1-4-5-15(16(28)26-11(2)3)27(10-17(19,20)21)13-7-6-12(9-25)14(8-13)18(22,23)24/h6-8,11,15H,4-5,10H2,1-3H3,(H,26,28). The van der Waals surface area contributed by atoms with Crippen LogP contribution in [0.4, 0.5) is 32.0 Å². The van der Waals surface area contributed by atoms with Gasteiger partial charge in [-0.05, 0) is 38.5 Å². The van der Waals surface area contributed by atoms with Gasteiger partial charge in [-0.15, -0.1) is 0 Å². The van der Waals surface area contributed by atoms with Gasteiger partial charge in [0.05, 0.1) is 17.2 Å². The maximum atomic E-state index is 13.2. The molecule has 1 unspecified atom stereocenters. The average molecular weight is 409 g/mol. The molecule has 1 aromatic rings. The van der Waals surface area contributed by atoms with E-state index < -0.39 is 47.7 Å². The monoisotopic (exact) mass is 409 g/mol. The first-order valence-corrected chi connectivity index (χ1v) is 8.55. The molecule has 0 aliphatic rings. The summed E-state index contributed by atoms with van der Waals surface area (Å²) in [6.07, 6.45) is -9.33. The maximum Gasteiger partial charge on any atom is 0.417 e. The van der Waals surface area contributed by atoms with Crippen molar-refractivity contribution in [2.75, 3.05) is 11.4 Å². The summed E-state index contributed by atoms with van der Waals surface area (Å²) in [6, 6.07) is 1.99. The quantitative estimate of drug-likeness (QED) is 0.668. The van der Waals surface area contributed by atoms with Gasteiger partial charge < -0.3 is 10.2 Å². The van der Waals surface area contributed by atoms with Gasteiger partial charge >= 0.3 is 12.4 Å². The van der Waals surface area contributed by atoms with Gasteiger partial charge in [0.1, 0.15) is 12.6 Å². The number of halogens is 6. The molecule has 1 atom stereocenters. The summed E-state index contributed by atoms with van der Waals surface area (Å²) in [5.74, 6) is -0.709. The van der Waals surface area contributed by atoms with Crippen LogP contribution in [0.2, 0.25) is 0 Å². The Morgan fingerprint density at radius 2 is 1.82 bits per heavy atom. The summed E-state index contributed by atoms with van der Waals surface area (Å²) in [6.45, 7) is 3.30. The Kier molecular flexibility index (Phi) is 7.73. The van der Waals surface area contributed by atoms with Gasteiger partial charge in [-0.2, -0.15) is 31.6 Å². The van der Waals surface area contributed by atoms with Crippen LogP contribution in [-0.4, -0.2) is 30.7 Å². The fraction of sp³-hybridized carbons (Fsp3) is 0.556. The molecule has 0 bridgehead atoms. The first-order chi connectivity index (χ1) is 12.8. The summed E-state index contributed by atoms with van der Waals surface area (Å²) in [7, 11) is 0. The highest BCUT2D eigenvalue weighted by Gasteiger charge is 2.39. The lowest BCUT2D eigenvalue weighted by Crippen LogP contribution is -2.51. The second kappa shape index (κ2) is 9.17. The summed E-state index contributed by atoms with van der Waals surface area (Å²) >= 11 is 0. The van der Waals surface area contributed by atoms with Crippen molar-refractivity contribution in [3.05, 3.63) is 29.3 Å². The molecule has 1 N–H and O–H groups in total. The first-order valence-electron chi connectivity index (χ1n) is 8.55. The molecule has 156 valence electrons. The number of carbonyl (C=O) groups excluding carboxylic acids is 1. The van der Waals surface area contributed by atoms with E-state index in [9.17, 15) is 31.1 Å². The number of benzene rings is 1. The minimum Gasteiger partial charge on any atom is -0.352 e. The normalized spacial score (nSPS) is 13.2. The van der Waals surface area contributed by atoms with Gasteiger partial charge in [0.25, 0.3) is 0 Å². The number of alkyl halides is 6. The number of rotatable bonds is 7. The lowest BCUT2D eigenvalue weighted by molar-refractivity contribution is -0.137. The van der Waals surface area contributed by atoms with Crippen LogP contribution in [0.25, 0.3) is 0 Å². The van der Waals surface area contributed by atoms with Crippen molar-refractivity contribution < 1.29 is 31.1 Å². The second-order valence-corrected chi connectivity index (χ2v) is 6.55. The molecule has 10 heteroatoms. The molecule has 0 fully saturated rings. The zero-order valence-corrected chi connectivity index (χ0v) is 15.6. The molecule has 28 heavy (non-hydrogen) atoms. The summed E-state index contributed by atoms with van der Waals surface area (Å²) in [4.78, 5) is 13.1. The minimum absolute atomic E-state index is 0.00991. The highest BCUT2D eigenvalue weighted by molar-refractivity contribution is 5.85. The van der Waals surface area contributed by atoms with Crippen molar-refractivity contribution in [3.8, 4) is 6.07 Å². The Hall–Kier alpha value is -2.44. The molecule has 0 radical (unpaired) electrons. The van der Waals surface area contributed by atoms with E-state index in [-0.39, 0.29) is 12.5 Å². The molecule has 0 aromatic heterocycles. The summed E-state index contributed by atoms with van der Waals surface area (Å²) in [5, 5.41) is 11.4. The minimum atomic E-state index is -4.93. The average Bonchev–Trinajstić information content (AvgIpc) is 2.55. The number of anilines is 1. The molecule has 0 heterocycles. The number of hydrogen-bond donors (Lipinski definition) is 1. The third-order valence-corrected chi connectivity index (χ3v) is 3.78. The van der Waals surface area contributed by atoms with Crippen LogP contribution < -0.4 is 10.2 Å². The molecule has 0 saturated carbocycles. The molecule has 0 aliphatic heterocycles. The van der Waals surface area contributed by atoms with Crippen LogP contribution in [0.15, 0.2) is 18.2 Å². The lowest BCUT2D eigenvalue weighted by atomic mass is 10.0. The number of carbonyl (C=O) groups is 1. The molecular formula is C18H21F6N3O. The third kappa shape index (κ3) is 6.62. The molecule has 1 rings (SSSR count). The van der Waals surface area contributed by atoms with Crippen molar-refractivity contribution >= 4 is 11.6 Å². The third-order valence-electron chi connectivity index (χ3n) is 3.78. The number of amides is 1. The van der Waals surface area contributed by atoms with E-state index in [0.29, 0.717) is 17.4 Å². The van der Waals surface area contributed by atoms with Crippen LogP contribution >= 0.6 is 0 Å². The zero-order chi connectivity index (χ0) is 21.7. The van der Waals surface area contributed by atoms with E-state index >= 15 is 0 Å². The van der Waals surface area contributed by atoms with Crippen LogP contribution in [0, 0.1) is 11.3 Å². The first kappa shape index (κ1) is 23.6. The van der Waals surface area contributed by atoms with Crippen LogP contribution in [0.3, 0.4) is 0 Å². The topological polar surface area (TPSA) is 56.1 Å². The van der Waals surface area contributed by atoms with Gasteiger partial charge in [0, 0.05) is 11.7 Å². The van der Waals surface area contributed by atoms with Crippen LogP contribution in [0.1, 0.15) is 44.7 Å². The maximum absolute atomic E-state index is 13.2. The largest absolute Gasteiger partial charge is 0.417 e. The second-order valence-electron chi connectivity index (χ2n) is 6.55. The Bertz CT molecular complexity index is 722. The fourth-order valence-electron chi connectivity index (χ4n) is 2.70. The Morgan fingerprint density at radius 3 is 2.25 bits per heavy atom. The fourth-order valence-corrected chi connectivity index (χ4v) is 2.70. The summed E-state index contributed by atoms with van der Waals surface area (Å²) < 4.78 is 79.1. The van der Waals surface area contributed by atoms with E-state index in [1.165, 1.54) is 6.07 Å². The molecule has 0 saturated heterocycles. The van der Waals surface area contributed by atoms with Crippen molar-refractivity contribution in [2.24, 2.45) is 0 Å². The van der Waals surface area contributed by atoms with Crippen molar-refractivity contribution in [1.29, 1.82) is 5.26 Å². The van der Waals surface area contributed by atoms with Gasteiger partial charge in [-0.25, -0.2) is 0 Å².